The molecule has 0 fully saturated rings. The third-order valence-electron chi connectivity index (χ3n) is 2.79. The summed E-state index contributed by atoms with van der Waals surface area (Å²) in [4.78, 5) is 34.1. The number of hydrogen-bond donors (Lipinski definition) is 1. The molecule has 0 saturated heterocycles. The van der Waals surface area contributed by atoms with Crippen molar-refractivity contribution in [2.24, 2.45) is 0 Å². The second kappa shape index (κ2) is 11.2. The first kappa shape index (κ1) is 19.7. The van der Waals surface area contributed by atoms with Gasteiger partial charge in [-0.15, -0.1) is 0 Å². The molecule has 0 spiro atoms. The average Bonchev–Trinajstić information content (AvgIpc) is 2.55. The number of amides is 1. The van der Waals surface area contributed by atoms with E-state index >= 15 is 0 Å². The molecular weight excluding hydrogens is 334 g/mol. The van der Waals surface area contributed by atoms with Crippen LogP contribution in [0.25, 0.3) is 6.08 Å². The highest BCUT2D eigenvalue weighted by molar-refractivity contribution is 6.30. The van der Waals surface area contributed by atoms with Gasteiger partial charge in [-0.05, 0) is 37.1 Å². The first-order chi connectivity index (χ1) is 11.5. The average molecular weight is 354 g/mol. The topological polar surface area (TPSA) is 81.7 Å². The van der Waals surface area contributed by atoms with Crippen molar-refractivity contribution in [3.05, 3.63) is 40.9 Å². The predicted octanol–water partition coefficient (Wildman–Crippen LogP) is 2.36. The van der Waals surface area contributed by atoms with Crippen LogP contribution in [-0.4, -0.2) is 37.6 Å². The van der Waals surface area contributed by atoms with E-state index in [0.29, 0.717) is 24.6 Å². The van der Waals surface area contributed by atoms with E-state index in [1.54, 1.807) is 37.3 Å². The summed E-state index contributed by atoms with van der Waals surface area (Å²) in [6.07, 6.45) is 3.47. The van der Waals surface area contributed by atoms with Gasteiger partial charge in [0, 0.05) is 24.1 Å². The minimum atomic E-state index is -0.628. The van der Waals surface area contributed by atoms with Gasteiger partial charge in [-0.25, -0.2) is 4.79 Å². The van der Waals surface area contributed by atoms with Crippen molar-refractivity contribution in [3.8, 4) is 0 Å². The molecule has 0 unspecified atom stereocenters. The maximum Gasteiger partial charge on any atom is 0.331 e. The Balaban J connectivity index is 2.19. The summed E-state index contributed by atoms with van der Waals surface area (Å²) >= 11 is 5.83. The van der Waals surface area contributed by atoms with Crippen LogP contribution in [0.1, 0.15) is 25.3 Å². The molecule has 0 aliphatic heterocycles. The molecule has 1 rings (SSSR count). The number of benzene rings is 1. The van der Waals surface area contributed by atoms with Crippen LogP contribution in [0.3, 0.4) is 0 Å². The van der Waals surface area contributed by atoms with Gasteiger partial charge in [-0.1, -0.05) is 23.7 Å². The summed E-state index contributed by atoms with van der Waals surface area (Å²) in [6, 6.07) is 6.97. The SMILES string of the molecule is CCOC(=O)CCCNC(=O)COC(=O)/C=C/c1cccc(Cl)c1. The van der Waals surface area contributed by atoms with Crippen LogP contribution in [0.15, 0.2) is 30.3 Å². The Kier molecular flexibility index (Phi) is 9.23. The number of carbonyl (C=O) groups excluding carboxylic acids is 3. The fourth-order valence-electron chi connectivity index (χ4n) is 1.70. The van der Waals surface area contributed by atoms with Crippen LogP contribution in [0.2, 0.25) is 5.02 Å². The molecule has 0 aliphatic carbocycles. The molecule has 24 heavy (non-hydrogen) atoms. The van der Waals surface area contributed by atoms with Gasteiger partial charge in [0.05, 0.1) is 6.61 Å². The van der Waals surface area contributed by atoms with Gasteiger partial charge < -0.3 is 14.8 Å². The second-order valence-corrected chi connectivity index (χ2v) is 5.19. The third kappa shape index (κ3) is 8.95. The van der Waals surface area contributed by atoms with Crippen LogP contribution in [0.5, 0.6) is 0 Å². The number of halogens is 1. The van der Waals surface area contributed by atoms with Crippen molar-refractivity contribution < 1.29 is 23.9 Å². The lowest BCUT2D eigenvalue weighted by Gasteiger charge is -2.05. The van der Waals surface area contributed by atoms with Crippen LogP contribution in [0.4, 0.5) is 0 Å². The van der Waals surface area contributed by atoms with E-state index in [0.717, 1.165) is 5.56 Å². The fourth-order valence-corrected chi connectivity index (χ4v) is 1.90. The lowest BCUT2D eigenvalue weighted by atomic mass is 10.2. The number of carbonyl (C=O) groups is 3. The zero-order valence-corrected chi connectivity index (χ0v) is 14.2. The van der Waals surface area contributed by atoms with Crippen molar-refractivity contribution in [2.45, 2.75) is 19.8 Å². The van der Waals surface area contributed by atoms with E-state index < -0.39 is 11.9 Å². The van der Waals surface area contributed by atoms with E-state index in [1.807, 2.05) is 0 Å². The Morgan fingerprint density at radius 1 is 1.25 bits per heavy atom. The maximum atomic E-state index is 11.5. The smallest absolute Gasteiger partial charge is 0.331 e. The van der Waals surface area contributed by atoms with E-state index in [-0.39, 0.29) is 19.0 Å². The molecule has 1 amide bonds. The molecule has 0 radical (unpaired) electrons. The normalized spacial score (nSPS) is 10.4. The number of ether oxygens (including phenoxy) is 2. The van der Waals surface area contributed by atoms with Gasteiger partial charge in [0.25, 0.3) is 5.91 Å². The van der Waals surface area contributed by atoms with Crippen molar-refractivity contribution in [3.63, 3.8) is 0 Å². The van der Waals surface area contributed by atoms with Crippen molar-refractivity contribution in [1.29, 1.82) is 0 Å². The Bertz CT molecular complexity index is 600. The van der Waals surface area contributed by atoms with Crippen LogP contribution >= 0.6 is 11.6 Å². The third-order valence-corrected chi connectivity index (χ3v) is 3.03. The highest BCUT2D eigenvalue weighted by Crippen LogP contribution is 2.11. The molecule has 1 aromatic carbocycles. The zero-order valence-electron chi connectivity index (χ0n) is 13.4. The molecule has 0 atom stereocenters. The van der Waals surface area contributed by atoms with Gasteiger partial charge in [0.15, 0.2) is 6.61 Å². The highest BCUT2D eigenvalue weighted by atomic mass is 35.5. The summed E-state index contributed by atoms with van der Waals surface area (Å²) in [5.74, 6) is -1.36. The van der Waals surface area contributed by atoms with Gasteiger partial charge in [0.2, 0.25) is 0 Å². The zero-order chi connectivity index (χ0) is 17.8. The number of esters is 2. The molecule has 0 aliphatic rings. The molecule has 0 aromatic heterocycles. The fraction of sp³-hybridized carbons (Fsp3) is 0.353. The maximum absolute atomic E-state index is 11.5. The summed E-state index contributed by atoms with van der Waals surface area (Å²) in [5.41, 5.74) is 0.753. The van der Waals surface area contributed by atoms with Crippen LogP contribution < -0.4 is 5.32 Å². The molecule has 6 nitrogen and oxygen atoms in total. The molecular formula is C17H20ClNO5. The quantitative estimate of drug-likeness (QED) is 0.418. The largest absolute Gasteiger partial charge is 0.466 e. The molecule has 0 heterocycles. The summed E-state index contributed by atoms with van der Waals surface area (Å²) in [7, 11) is 0. The molecule has 7 heteroatoms. The molecule has 0 saturated carbocycles. The van der Waals surface area contributed by atoms with Crippen molar-refractivity contribution in [2.75, 3.05) is 19.8 Å². The Morgan fingerprint density at radius 2 is 2.04 bits per heavy atom. The summed E-state index contributed by atoms with van der Waals surface area (Å²) in [6.45, 7) is 2.00. The summed E-state index contributed by atoms with van der Waals surface area (Å²) in [5, 5.41) is 3.11. The van der Waals surface area contributed by atoms with E-state index in [1.165, 1.54) is 6.08 Å². The Hall–Kier alpha value is -2.34. The highest BCUT2D eigenvalue weighted by Gasteiger charge is 2.06. The monoisotopic (exact) mass is 353 g/mol. The number of rotatable bonds is 9. The summed E-state index contributed by atoms with van der Waals surface area (Å²) < 4.78 is 9.57. The van der Waals surface area contributed by atoms with E-state index in [2.05, 4.69) is 5.32 Å². The molecule has 1 N–H and O–H groups in total. The lowest BCUT2D eigenvalue weighted by molar-refractivity contribution is -0.143. The number of nitrogens with one attached hydrogen (secondary N) is 1. The van der Waals surface area contributed by atoms with E-state index in [4.69, 9.17) is 21.1 Å². The minimum absolute atomic E-state index is 0.232. The first-order valence-electron chi connectivity index (χ1n) is 7.54. The van der Waals surface area contributed by atoms with Crippen molar-refractivity contribution >= 4 is 35.5 Å². The van der Waals surface area contributed by atoms with Crippen molar-refractivity contribution in [1.82, 2.24) is 5.32 Å². The lowest BCUT2D eigenvalue weighted by Crippen LogP contribution is -2.29. The predicted molar refractivity (Wildman–Crippen MR) is 90.3 cm³/mol. The molecule has 1 aromatic rings. The first-order valence-corrected chi connectivity index (χ1v) is 7.91. The number of hydrogen-bond acceptors (Lipinski definition) is 5. The van der Waals surface area contributed by atoms with Gasteiger partial charge in [-0.3, -0.25) is 9.59 Å². The Labute approximate surface area is 145 Å². The van der Waals surface area contributed by atoms with Crippen LogP contribution in [0, 0.1) is 0 Å². The minimum Gasteiger partial charge on any atom is -0.466 e. The standard InChI is InChI=1S/C17H20ClNO5/c1-2-23-16(21)7-4-10-19-15(20)12-24-17(22)9-8-13-5-3-6-14(18)11-13/h3,5-6,8-9,11H,2,4,7,10,12H2,1H3,(H,19,20)/b9-8+. The van der Waals surface area contributed by atoms with Crippen LogP contribution in [-0.2, 0) is 23.9 Å². The van der Waals surface area contributed by atoms with Gasteiger partial charge in [0.1, 0.15) is 0 Å². The Morgan fingerprint density at radius 3 is 2.75 bits per heavy atom. The van der Waals surface area contributed by atoms with E-state index in [9.17, 15) is 14.4 Å². The van der Waals surface area contributed by atoms with Gasteiger partial charge in [-0.2, -0.15) is 0 Å². The van der Waals surface area contributed by atoms with Gasteiger partial charge >= 0.3 is 11.9 Å². The molecule has 0 bridgehead atoms. The molecule has 130 valence electrons. The second-order valence-electron chi connectivity index (χ2n) is 4.75.